The average Bonchev–Trinajstić information content (AvgIpc) is 3.73. The average molecular weight is 724 g/mol. The van der Waals surface area contributed by atoms with Crippen LogP contribution in [0.2, 0.25) is 0 Å². The molecule has 1 amide bonds. The van der Waals surface area contributed by atoms with E-state index in [1.54, 1.807) is 19.9 Å². The maximum Gasteiger partial charge on any atom is 0.429 e. The summed E-state index contributed by atoms with van der Waals surface area (Å²) in [7, 11) is 0. The SMILES string of the molecule is CCOC(=O)C1CC2(CCN(c3cc(O[C@H](c4ccc(CO)cc4-n4ccc(C)n4)C(F)(F)F)nc(N)n3)CC2)CN1C(=O)OCc1ccccc1. The van der Waals surface area contributed by atoms with Crippen molar-refractivity contribution in [2.24, 2.45) is 5.41 Å². The molecular weight excluding hydrogens is 683 g/mol. The predicted octanol–water partition coefficient (Wildman–Crippen LogP) is 5.29. The van der Waals surface area contributed by atoms with Crippen LogP contribution < -0.4 is 15.4 Å². The molecule has 1 unspecified atom stereocenters. The highest BCUT2D eigenvalue weighted by Gasteiger charge is 2.51. The molecule has 3 N–H and O–H groups in total. The lowest BCUT2D eigenvalue weighted by atomic mass is 9.76. The fourth-order valence-electron chi connectivity index (χ4n) is 6.81. The summed E-state index contributed by atoms with van der Waals surface area (Å²) in [6.45, 7) is 4.34. The summed E-state index contributed by atoms with van der Waals surface area (Å²) in [5, 5.41) is 14.0. The number of rotatable bonds is 10. The zero-order valence-electron chi connectivity index (χ0n) is 28.8. The number of hydrogen-bond acceptors (Lipinski definition) is 11. The van der Waals surface area contributed by atoms with Crippen molar-refractivity contribution in [3.05, 3.63) is 89.2 Å². The van der Waals surface area contributed by atoms with E-state index < -0.39 is 35.8 Å². The number of benzene rings is 2. The summed E-state index contributed by atoms with van der Waals surface area (Å²) >= 11 is 0. The van der Waals surface area contributed by atoms with Gasteiger partial charge in [-0.2, -0.15) is 28.2 Å². The van der Waals surface area contributed by atoms with Crippen LogP contribution in [0.5, 0.6) is 5.88 Å². The topological polar surface area (TPSA) is 158 Å². The third-order valence-corrected chi connectivity index (χ3v) is 9.43. The predicted molar refractivity (Wildman–Crippen MR) is 182 cm³/mol. The summed E-state index contributed by atoms with van der Waals surface area (Å²) in [4.78, 5) is 37.8. The Morgan fingerprint density at radius 2 is 1.79 bits per heavy atom. The molecule has 52 heavy (non-hydrogen) atoms. The first-order valence-corrected chi connectivity index (χ1v) is 16.9. The highest BCUT2D eigenvalue weighted by molar-refractivity contribution is 5.82. The van der Waals surface area contributed by atoms with Crippen LogP contribution >= 0.6 is 0 Å². The van der Waals surface area contributed by atoms with Crippen LogP contribution in [0, 0.1) is 12.3 Å². The van der Waals surface area contributed by atoms with E-state index in [4.69, 9.17) is 19.9 Å². The maximum atomic E-state index is 14.7. The maximum absolute atomic E-state index is 14.7. The molecule has 4 heterocycles. The number of aliphatic hydroxyl groups is 1. The zero-order valence-corrected chi connectivity index (χ0v) is 28.8. The number of carbonyl (C=O) groups is 2. The second-order valence-electron chi connectivity index (χ2n) is 13.0. The molecule has 16 heteroatoms. The Labute approximate surface area is 298 Å². The molecule has 2 aliphatic rings. The van der Waals surface area contributed by atoms with E-state index in [0.717, 1.165) is 5.56 Å². The first-order valence-electron chi connectivity index (χ1n) is 16.9. The van der Waals surface area contributed by atoms with Gasteiger partial charge in [0, 0.05) is 37.5 Å². The normalized spacial score (nSPS) is 17.6. The minimum Gasteiger partial charge on any atom is -0.464 e. The van der Waals surface area contributed by atoms with E-state index in [1.807, 2.05) is 35.2 Å². The van der Waals surface area contributed by atoms with Gasteiger partial charge < -0.3 is 30.0 Å². The molecule has 0 aliphatic carbocycles. The van der Waals surface area contributed by atoms with E-state index in [9.17, 15) is 27.9 Å². The number of esters is 1. The Hall–Kier alpha value is -5.38. The smallest absolute Gasteiger partial charge is 0.429 e. The van der Waals surface area contributed by atoms with Crippen LogP contribution in [-0.2, 0) is 27.5 Å². The third kappa shape index (κ3) is 8.06. The molecule has 2 aromatic heterocycles. The number of aromatic nitrogens is 4. The third-order valence-electron chi connectivity index (χ3n) is 9.43. The van der Waals surface area contributed by atoms with Gasteiger partial charge in [-0.05, 0) is 61.8 Å². The van der Waals surface area contributed by atoms with Gasteiger partial charge in [0.05, 0.1) is 24.6 Å². The highest BCUT2D eigenvalue weighted by atomic mass is 19.4. The van der Waals surface area contributed by atoms with Gasteiger partial charge >= 0.3 is 18.2 Å². The number of nitrogens with two attached hydrogens (primary N) is 1. The summed E-state index contributed by atoms with van der Waals surface area (Å²) in [6.07, 6.45) is -4.96. The van der Waals surface area contributed by atoms with Gasteiger partial charge in [0.2, 0.25) is 17.9 Å². The number of nitrogens with zero attached hydrogens (tertiary/aromatic N) is 6. The lowest BCUT2D eigenvalue weighted by Crippen LogP contribution is -2.43. The molecule has 276 valence electrons. The Kier molecular flexibility index (Phi) is 10.6. The number of halogens is 3. The lowest BCUT2D eigenvalue weighted by molar-refractivity contribution is -0.198. The molecule has 0 radical (unpaired) electrons. The van der Waals surface area contributed by atoms with Gasteiger partial charge in [-0.15, -0.1) is 0 Å². The van der Waals surface area contributed by atoms with Crippen molar-refractivity contribution in [3.63, 3.8) is 0 Å². The molecule has 6 rings (SSSR count). The van der Waals surface area contributed by atoms with Crippen LogP contribution in [0.15, 0.2) is 66.9 Å². The number of anilines is 2. The van der Waals surface area contributed by atoms with E-state index in [2.05, 4.69) is 15.1 Å². The van der Waals surface area contributed by atoms with Gasteiger partial charge in [-0.1, -0.05) is 42.5 Å². The van der Waals surface area contributed by atoms with E-state index >= 15 is 0 Å². The zero-order chi connectivity index (χ0) is 37.0. The molecule has 4 aromatic rings. The minimum absolute atomic E-state index is 0.0550. The van der Waals surface area contributed by atoms with Crippen molar-refractivity contribution in [3.8, 4) is 11.6 Å². The molecular formula is C36H40F3N7O6. The van der Waals surface area contributed by atoms with Crippen molar-refractivity contribution < 1.29 is 42.1 Å². The molecule has 0 saturated carbocycles. The van der Waals surface area contributed by atoms with Crippen molar-refractivity contribution in [2.45, 2.75) is 64.6 Å². The number of aryl methyl sites for hydroxylation is 1. The summed E-state index contributed by atoms with van der Waals surface area (Å²) in [5.41, 5.74) is 7.22. The Morgan fingerprint density at radius 1 is 1.04 bits per heavy atom. The van der Waals surface area contributed by atoms with Gasteiger partial charge in [0.25, 0.3) is 0 Å². The van der Waals surface area contributed by atoms with Crippen LogP contribution in [0.1, 0.15) is 54.7 Å². The van der Waals surface area contributed by atoms with Gasteiger partial charge in [-0.3, -0.25) is 4.90 Å². The van der Waals surface area contributed by atoms with E-state index in [0.29, 0.717) is 43.6 Å². The van der Waals surface area contributed by atoms with Crippen molar-refractivity contribution in [1.29, 1.82) is 0 Å². The molecule has 13 nitrogen and oxygen atoms in total. The number of piperidine rings is 1. The van der Waals surface area contributed by atoms with Crippen LogP contribution in [0.4, 0.5) is 29.7 Å². The van der Waals surface area contributed by atoms with E-state index in [-0.39, 0.29) is 55.3 Å². The van der Waals surface area contributed by atoms with E-state index in [1.165, 1.54) is 40.0 Å². The summed E-state index contributed by atoms with van der Waals surface area (Å²) in [5.74, 6) is -0.881. The second-order valence-corrected chi connectivity index (χ2v) is 13.0. The van der Waals surface area contributed by atoms with Crippen molar-refractivity contribution in [2.75, 3.05) is 36.9 Å². The minimum atomic E-state index is -4.87. The monoisotopic (exact) mass is 723 g/mol. The number of aliphatic hydroxyl groups excluding tert-OH is 1. The Bertz CT molecular complexity index is 1880. The van der Waals surface area contributed by atoms with Crippen molar-refractivity contribution in [1.82, 2.24) is 24.6 Å². The van der Waals surface area contributed by atoms with Crippen LogP contribution in [0.3, 0.4) is 0 Å². The molecule has 2 aliphatic heterocycles. The number of nitrogen functional groups attached to an aromatic ring is 1. The number of likely N-dealkylation sites (tertiary alicyclic amines) is 1. The molecule has 2 fully saturated rings. The summed E-state index contributed by atoms with van der Waals surface area (Å²) in [6, 6.07) is 15.4. The number of carbonyl (C=O) groups excluding carboxylic acids is 2. The molecule has 1 spiro atoms. The molecule has 2 aromatic carbocycles. The van der Waals surface area contributed by atoms with Crippen LogP contribution in [-0.4, -0.2) is 80.3 Å². The molecule has 2 atom stereocenters. The second kappa shape index (κ2) is 15.1. The van der Waals surface area contributed by atoms with Gasteiger partial charge in [-0.25, -0.2) is 14.3 Å². The quantitative estimate of drug-likeness (QED) is 0.205. The number of amides is 1. The number of ether oxygens (including phenoxy) is 3. The van der Waals surface area contributed by atoms with Gasteiger partial charge in [0.15, 0.2) is 0 Å². The first kappa shape index (κ1) is 36.4. The summed E-state index contributed by atoms with van der Waals surface area (Å²) < 4.78 is 61.9. The molecule has 0 bridgehead atoms. The van der Waals surface area contributed by atoms with Crippen molar-refractivity contribution >= 4 is 23.8 Å². The Balaban J connectivity index is 1.19. The lowest BCUT2D eigenvalue weighted by Gasteiger charge is -2.39. The fourth-order valence-corrected chi connectivity index (χ4v) is 6.81. The Morgan fingerprint density at radius 3 is 2.44 bits per heavy atom. The number of hydrogen-bond donors (Lipinski definition) is 2. The fraction of sp³-hybridized carbons (Fsp3) is 0.417. The van der Waals surface area contributed by atoms with Gasteiger partial charge in [0.1, 0.15) is 18.5 Å². The largest absolute Gasteiger partial charge is 0.464 e. The standard InChI is InChI=1S/C36H40F3N7O6/c1-3-50-32(48)28-19-35(22-45(28)34(49)51-21-24-7-5-4-6-8-24)12-15-44(16-13-35)29-18-30(42-33(40)41-29)52-31(36(37,38)39)26-10-9-25(20-47)17-27(26)46-14-11-23(2)43-46/h4-11,14,17-18,28,31,47H,3,12-13,15-16,19-22H2,1-2H3,(H2,40,41,42)/t28?,31-/m1/s1. The highest BCUT2D eigenvalue weighted by Crippen LogP contribution is 2.45. The molecule has 2 saturated heterocycles. The first-order chi connectivity index (χ1) is 24.9. The van der Waals surface area contributed by atoms with Crippen LogP contribution in [0.25, 0.3) is 5.69 Å². The number of alkyl halides is 3.